The fourth-order valence-electron chi connectivity index (χ4n) is 1.74. The van der Waals surface area contributed by atoms with Crippen LogP contribution >= 0.6 is 15.9 Å². The lowest BCUT2D eigenvalue weighted by atomic mass is 10.2. The van der Waals surface area contributed by atoms with Crippen LogP contribution in [-0.4, -0.2) is 18.2 Å². The third-order valence-electron chi connectivity index (χ3n) is 2.66. The summed E-state index contributed by atoms with van der Waals surface area (Å²) in [5.41, 5.74) is 0.324. The van der Waals surface area contributed by atoms with E-state index in [1.54, 1.807) is 18.2 Å². The average Bonchev–Trinajstić information content (AvgIpc) is 2.48. The molecule has 2 aromatic rings. The van der Waals surface area contributed by atoms with Crippen LogP contribution in [0.4, 0.5) is 0 Å². The Bertz CT molecular complexity index is 739. The summed E-state index contributed by atoms with van der Waals surface area (Å²) >= 11 is 3.23. The minimum absolute atomic E-state index is 0.0949. The van der Waals surface area contributed by atoms with Gasteiger partial charge in [0.25, 0.3) is 0 Å². The van der Waals surface area contributed by atoms with Crippen LogP contribution < -0.4 is 9.47 Å². The zero-order valence-corrected chi connectivity index (χ0v) is 13.1. The molecule has 0 saturated carbocycles. The lowest BCUT2D eigenvalue weighted by Gasteiger charge is -2.10. The van der Waals surface area contributed by atoms with E-state index < -0.39 is 11.9 Å². The molecule has 0 radical (unpaired) electrons. The number of benzene rings is 2. The summed E-state index contributed by atoms with van der Waals surface area (Å²) in [7, 11) is 0. The summed E-state index contributed by atoms with van der Waals surface area (Å²) in [6.07, 6.45) is 0.589. The number of halogens is 1. The molecule has 0 aromatic heterocycles. The topological polar surface area (TPSA) is 69.7 Å². The normalized spacial score (nSPS) is 9.91. The molecule has 5 nitrogen and oxygen atoms in total. The lowest BCUT2D eigenvalue weighted by molar-refractivity contribution is -0.131. The molecule has 0 heterocycles. The van der Waals surface area contributed by atoms with Gasteiger partial charge in [0.1, 0.15) is 17.1 Å². The molecule has 0 aliphatic carbocycles. The van der Waals surface area contributed by atoms with Crippen molar-refractivity contribution in [1.82, 2.24) is 0 Å². The lowest BCUT2D eigenvalue weighted by Crippen LogP contribution is -2.13. The number of aldehydes is 1. The molecule has 0 aliphatic heterocycles. The van der Waals surface area contributed by atoms with Crippen LogP contribution in [0.25, 0.3) is 0 Å². The molecule has 0 N–H and O–H groups in total. The Labute approximate surface area is 135 Å². The first kappa shape index (κ1) is 15.9. The summed E-state index contributed by atoms with van der Waals surface area (Å²) in [4.78, 5) is 34.3. The SMILES string of the molecule is CC(=O)Oc1ccccc1C(=O)Oc1ccc(Br)cc1C=O. The van der Waals surface area contributed by atoms with Gasteiger partial charge in [-0.25, -0.2) is 4.79 Å². The van der Waals surface area contributed by atoms with Gasteiger partial charge in [-0.2, -0.15) is 0 Å². The van der Waals surface area contributed by atoms with Crippen LogP contribution in [0.5, 0.6) is 11.5 Å². The summed E-state index contributed by atoms with van der Waals surface area (Å²) in [5, 5.41) is 0. The maximum Gasteiger partial charge on any atom is 0.347 e. The molecule has 2 rings (SSSR count). The Morgan fingerprint density at radius 2 is 1.77 bits per heavy atom. The fourth-order valence-corrected chi connectivity index (χ4v) is 2.12. The Hall–Kier alpha value is -2.47. The molecule has 0 amide bonds. The standard InChI is InChI=1S/C16H11BrO5/c1-10(19)21-15-5-3-2-4-13(15)16(20)22-14-7-6-12(17)8-11(14)9-18/h2-9H,1H3. The molecular formula is C16H11BrO5. The van der Waals surface area contributed by atoms with E-state index in [0.717, 1.165) is 0 Å². The second-order valence-electron chi connectivity index (χ2n) is 4.28. The Morgan fingerprint density at radius 1 is 1.05 bits per heavy atom. The number of rotatable bonds is 4. The second kappa shape index (κ2) is 7.00. The Balaban J connectivity index is 2.30. The van der Waals surface area contributed by atoms with Crippen molar-refractivity contribution in [2.24, 2.45) is 0 Å². The maximum atomic E-state index is 12.2. The van der Waals surface area contributed by atoms with E-state index in [1.165, 1.54) is 31.2 Å². The molecule has 112 valence electrons. The monoisotopic (exact) mass is 362 g/mol. The van der Waals surface area contributed by atoms with Crippen molar-refractivity contribution in [1.29, 1.82) is 0 Å². The van der Waals surface area contributed by atoms with Gasteiger partial charge in [-0.15, -0.1) is 0 Å². The summed E-state index contributed by atoms with van der Waals surface area (Å²) in [6.45, 7) is 1.24. The third-order valence-corrected chi connectivity index (χ3v) is 3.16. The highest BCUT2D eigenvalue weighted by atomic mass is 79.9. The van der Waals surface area contributed by atoms with Crippen LogP contribution in [-0.2, 0) is 4.79 Å². The largest absolute Gasteiger partial charge is 0.426 e. The molecule has 0 saturated heterocycles. The minimum Gasteiger partial charge on any atom is -0.426 e. The van der Waals surface area contributed by atoms with Crippen molar-refractivity contribution >= 4 is 34.2 Å². The summed E-state index contributed by atoms with van der Waals surface area (Å²) in [5.74, 6) is -1.04. The van der Waals surface area contributed by atoms with Crippen molar-refractivity contribution in [3.63, 3.8) is 0 Å². The molecule has 6 heteroatoms. The van der Waals surface area contributed by atoms with Gasteiger partial charge in [-0.05, 0) is 30.3 Å². The van der Waals surface area contributed by atoms with Crippen LogP contribution in [0.1, 0.15) is 27.6 Å². The van der Waals surface area contributed by atoms with Gasteiger partial charge in [0.05, 0.1) is 5.56 Å². The number of carbonyl (C=O) groups is 3. The van der Waals surface area contributed by atoms with E-state index in [-0.39, 0.29) is 22.6 Å². The number of ether oxygens (including phenoxy) is 2. The van der Waals surface area contributed by atoms with Crippen molar-refractivity contribution in [3.8, 4) is 11.5 Å². The molecule has 22 heavy (non-hydrogen) atoms. The maximum absolute atomic E-state index is 12.2. The first-order chi connectivity index (χ1) is 10.5. The first-order valence-corrected chi connectivity index (χ1v) is 7.05. The summed E-state index contributed by atoms with van der Waals surface area (Å²) in [6, 6.07) is 10.9. The number of esters is 2. The Kier molecular flexibility index (Phi) is 5.06. The molecule has 2 aromatic carbocycles. The van der Waals surface area contributed by atoms with E-state index >= 15 is 0 Å². The van der Waals surface area contributed by atoms with Crippen molar-refractivity contribution < 1.29 is 23.9 Å². The van der Waals surface area contributed by atoms with E-state index in [2.05, 4.69) is 15.9 Å². The van der Waals surface area contributed by atoms with E-state index in [0.29, 0.717) is 10.8 Å². The Morgan fingerprint density at radius 3 is 2.45 bits per heavy atom. The van der Waals surface area contributed by atoms with E-state index in [1.807, 2.05) is 0 Å². The van der Waals surface area contributed by atoms with Crippen LogP contribution in [0.15, 0.2) is 46.9 Å². The number of para-hydroxylation sites is 1. The predicted molar refractivity (Wildman–Crippen MR) is 82.2 cm³/mol. The van der Waals surface area contributed by atoms with Gasteiger partial charge >= 0.3 is 11.9 Å². The van der Waals surface area contributed by atoms with Gasteiger partial charge in [-0.1, -0.05) is 28.1 Å². The minimum atomic E-state index is -0.720. The zero-order chi connectivity index (χ0) is 16.1. The van der Waals surface area contributed by atoms with Crippen LogP contribution in [0.2, 0.25) is 0 Å². The predicted octanol–water partition coefficient (Wildman–Crippen LogP) is 3.41. The molecule has 0 spiro atoms. The molecule has 0 fully saturated rings. The molecule has 0 unspecified atom stereocenters. The molecule has 0 atom stereocenters. The number of hydrogen-bond acceptors (Lipinski definition) is 5. The highest BCUT2D eigenvalue weighted by Gasteiger charge is 2.17. The molecule has 0 aliphatic rings. The average molecular weight is 363 g/mol. The second-order valence-corrected chi connectivity index (χ2v) is 5.19. The fraction of sp³-hybridized carbons (Fsp3) is 0.0625. The highest BCUT2D eigenvalue weighted by molar-refractivity contribution is 9.10. The van der Waals surface area contributed by atoms with Gasteiger partial charge in [0.2, 0.25) is 0 Å². The van der Waals surface area contributed by atoms with Crippen LogP contribution in [0, 0.1) is 0 Å². The van der Waals surface area contributed by atoms with Gasteiger partial charge in [0, 0.05) is 11.4 Å². The highest BCUT2D eigenvalue weighted by Crippen LogP contribution is 2.25. The first-order valence-electron chi connectivity index (χ1n) is 6.25. The van der Waals surface area contributed by atoms with Crippen molar-refractivity contribution in [3.05, 3.63) is 58.1 Å². The quantitative estimate of drug-likeness (QED) is 0.473. The van der Waals surface area contributed by atoms with E-state index in [9.17, 15) is 14.4 Å². The van der Waals surface area contributed by atoms with Crippen LogP contribution in [0.3, 0.4) is 0 Å². The molecular weight excluding hydrogens is 352 g/mol. The zero-order valence-electron chi connectivity index (χ0n) is 11.5. The van der Waals surface area contributed by atoms with E-state index in [4.69, 9.17) is 9.47 Å². The smallest absolute Gasteiger partial charge is 0.347 e. The number of hydrogen-bond donors (Lipinski definition) is 0. The van der Waals surface area contributed by atoms with Gasteiger partial charge in [0.15, 0.2) is 6.29 Å². The number of carbonyl (C=O) groups excluding carboxylic acids is 3. The molecule has 0 bridgehead atoms. The van der Waals surface area contributed by atoms with Crippen molar-refractivity contribution in [2.45, 2.75) is 6.92 Å². The third kappa shape index (κ3) is 3.79. The summed E-state index contributed by atoms with van der Waals surface area (Å²) < 4.78 is 10.9. The van der Waals surface area contributed by atoms with Gasteiger partial charge in [-0.3, -0.25) is 9.59 Å². The van der Waals surface area contributed by atoms with Gasteiger partial charge < -0.3 is 9.47 Å². The van der Waals surface area contributed by atoms with Crippen molar-refractivity contribution in [2.75, 3.05) is 0 Å².